The predicted octanol–water partition coefficient (Wildman–Crippen LogP) is 2.24. The number of carbonyl (C=O) groups is 3. The van der Waals surface area contributed by atoms with Crippen LogP contribution in [0.3, 0.4) is 0 Å². The first-order valence-electron chi connectivity index (χ1n) is 11.4. The zero-order valence-corrected chi connectivity index (χ0v) is 19.0. The molecule has 0 unspecified atom stereocenters. The first kappa shape index (κ1) is 22.7. The largest absolute Gasteiger partial charge is 0.345 e. The van der Waals surface area contributed by atoms with Gasteiger partial charge in [-0.15, -0.1) is 6.58 Å². The van der Waals surface area contributed by atoms with E-state index in [-0.39, 0.29) is 36.0 Å². The maximum Gasteiger partial charge on any atom is 0.228 e. The summed E-state index contributed by atoms with van der Waals surface area (Å²) in [6, 6.07) is 11.9. The van der Waals surface area contributed by atoms with Crippen molar-refractivity contribution in [2.75, 3.05) is 39.8 Å². The second kappa shape index (κ2) is 9.98. The van der Waals surface area contributed by atoms with E-state index in [9.17, 15) is 14.4 Å². The Labute approximate surface area is 194 Å². The summed E-state index contributed by atoms with van der Waals surface area (Å²) in [5.74, 6) is -0.720. The van der Waals surface area contributed by atoms with Gasteiger partial charge < -0.3 is 14.7 Å². The summed E-state index contributed by atoms with van der Waals surface area (Å²) >= 11 is 0. The summed E-state index contributed by atoms with van der Waals surface area (Å²) in [4.78, 5) is 48.1. The van der Waals surface area contributed by atoms with Gasteiger partial charge in [-0.05, 0) is 23.6 Å². The molecule has 3 heterocycles. The van der Waals surface area contributed by atoms with E-state index in [4.69, 9.17) is 0 Å². The summed E-state index contributed by atoms with van der Waals surface area (Å²) in [5, 5.41) is 0. The lowest BCUT2D eigenvalue weighted by molar-refractivity contribution is -0.137. The molecule has 2 fully saturated rings. The Kier molecular flexibility index (Phi) is 6.87. The topological polar surface area (TPSA) is 73.8 Å². The van der Waals surface area contributed by atoms with Gasteiger partial charge in [-0.1, -0.05) is 36.4 Å². The fourth-order valence-corrected chi connectivity index (χ4v) is 4.79. The molecule has 0 radical (unpaired) electrons. The van der Waals surface area contributed by atoms with Gasteiger partial charge in [0.1, 0.15) is 0 Å². The third-order valence-electron chi connectivity index (χ3n) is 6.55. The van der Waals surface area contributed by atoms with Crippen LogP contribution in [0.2, 0.25) is 0 Å². The summed E-state index contributed by atoms with van der Waals surface area (Å²) < 4.78 is 0. The summed E-state index contributed by atoms with van der Waals surface area (Å²) in [6.45, 7) is 5.96. The van der Waals surface area contributed by atoms with Crippen LogP contribution in [0, 0.1) is 11.8 Å². The SMILES string of the molecule is C=CCN1CCN(C(=O)[C@@H]2CC(=O)N(C)C2)C[C@H](Cc2ccccc2-c2cccnc2)C1=O. The Balaban J connectivity index is 1.60. The first-order chi connectivity index (χ1) is 16.0. The molecule has 7 heteroatoms. The predicted molar refractivity (Wildman–Crippen MR) is 126 cm³/mol. The molecule has 0 saturated carbocycles. The number of aromatic nitrogens is 1. The molecule has 2 aliphatic rings. The number of carbonyl (C=O) groups excluding carboxylic acids is 3. The van der Waals surface area contributed by atoms with Crippen LogP contribution in [0.1, 0.15) is 12.0 Å². The normalized spacial score (nSPS) is 21.3. The van der Waals surface area contributed by atoms with E-state index < -0.39 is 0 Å². The number of pyridine rings is 1. The van der Waals surface area contributed by atoms with Crippen LogP contribution < -0.4 is 0 Å². The lowest BCUT2D eigenvalue weighted by atomic mass is 9.91. The van der Waals surface area contributed by atoms with E-state index in [1.165, 1.54) is 0 Å². The number of nitrogens with zero attached hydrogens (tertiary/aromatic N) is 4. The molecule has 1 aromatic heterocycles. The van der Waals surface area contributed by atoms with Gasteiger partial charge in [-0.25, -0.2) is 0 Å². The van der Waals surface area contributed by atoms with Crippen molar-refractivity contribution in [2.24, 2.45) is 11.8 Å². The van der Waals surface area contributed by atoms with Crippen LogP contribution in [0.25, 0.3) is 11.1 Å². The Morgan fingerprint density at radius 1 is 1.15 bits per heavy atom. The highest BCUT2D eigenvalue weighted by atomic mass is 16.2. The van der Waals surface area contributed by atoms with Gasteiger partial charge in [0.2, 0.25) is 17.7 Å². The van der Waals surface area contributed by atoms with Gasteiger partial charge in [0.05, 0.1) is 11.8 Å². The monoisotopic (exact) mass is 446 g/mol. The van der Waals surface area contributed by atoms with Crippen molar-refractivity contribution in [1.29, 1.82) is 0 Å². The van der Waals surface area contributed by atoms with Gasteiger partial charge in [0, 0.05) is 64.1 Å². The minimum Gasteiger partial charge on any atom is -0.345 e. The molecular formula is C26H30N4O3. The van der Waals surface area contributed by atoms with E-state index in [1.54, 1.807) is 34.0 Å². The molecule has 4 rings (SSSR count). The van der Waals surface area contributed by atoms with Crippen molar-refractivity contribution < 1.29 is 14.4 Å². The molecule has 0 N–H and O–H groups in total. The zero-order valence-electron chi connectivity index (χ0n) is 19.0. The van der Waals surface area contributed by atoms with Gasteiger partial charge >= 0.3 is 0 Å². The van der Waals surface area contributed by atoms with E-state index in [1.807, 2.05) is 42.6 Å². The summed E-state index contributed by atoms with van der Waals surface area (Å²) in [5.41, 5.74) is 3.09. The Morgan fingerprint density at radius 3 is 2.67 bits per heavy atom. The van der Waals surface area contributed by atoms with Crippen molar-refractivity contribution in [3.63, 3.8) is 0 Å². The molecule has 2 aliphatic heterocycles. The van der Waals surface area contributed by atoms with Crippen molar-refractivity contribution in [1.82, 2.24) is 19.7 Å². The fourth-order valence-electron chi connectivity index (χ4n) is 4.79. The standard InChI is InChI=1S/C26H30N4O3/c1-3-11-29-12-13-30(26(33)22-15-24(31)28(2)17-22)18-21(25(29)32)14-19-7-4-5-9-23(19)20-8-6-10-27-16-20/h3-10,16,21-22H,1,11-15,17-18H2,2H3/t21-,22+/m0/s1. The van der Waals surface area contributed by atoms with E-state index in [0.717, 1.165) is 16.7 Å². The smallest absolute Gasteiger partial charge is 0.228 e. The number of likely N-dealkylation sites (tertiary alicyclic amines) is 1. The average Bonchev–Trinajstić information content (AvgIpc) is 3.09. The van der Waals surface area contributed by atoms with Gasteiger partial charge in [-0.3, -0.25) is 19.4 Å². The van der Waals surface area contributed by atoms with Crippen molar-refractivity contribution in [3.8, 4) is 11.1 Å². The summed E-state index contributed by atoms with van der Waals surface area (Å²) in [6.07, 6.45) is 6.04. The summed E-state index contributed by atoms with van der Waals surface area (Å²) in [7, 11) is 1.73. The molecule has 1 aromatic carbocycles. The minimum atomic E-state index is -0.371. The molecule has 172 valence electrons. The lowest BCUT2D eigenvalue weighted by Crippen LogP contribution is -2.41. The second-order valence-corrected chi connectivity index (χ2v) is 8.83. The maximum atomic E-state index is 13.4. The third-order valence-corrected chi connectivity index (χ3v) is 6.55. The van der Waals surface area contributed by atoms with Crippen LogP contribution in [-0.2, 0) is 20.8 Å². The molecule has 2 aromatic rings. The van der Waals surface area contributed by atoms with E-state index in [0.29, 0.717) is 39.1 Å². The quantitative estimate of drug-likeness (QED) is 0.638. The third kappa shape index (κ3) is 4.97. The molecule has 2 saturated heterocycles. The van der Waals surface area contributed by atoms with Crippen LogP contribution in [-0.4, -0.2) is 77.2 Å². The first-order valence-corrected chi connectivity index (χ1v) is 11.4. The van der Waals surface area contributed by atoms with Crippen LogP contribution >= 0.6 is 0 Å². The van der Waals surface area contributed by atoms with Gasteiger partial charge in [-0.2, -0.15) is 0 Å². The minimum absolute atomic E-state index is 0.00511. The molecule has 2 atom stereocenters. The van der Waals surface area contributed by atoms with Gasteiger partial charge in [0.15, 0.2) is 0 Å². The number of rotatable bonds is 6. The maximum absolute atomic E-state index is 13.4. The number of amides is 3. The molecule has 7 nitrogen and oxygen atoms in total. The van der Waals surface area contributed by atoms with Crippen LogP contribution in [0.15, 0.2) is 61.4 Å². The van der Waals surface area contributed by atoms with E-state index in [2.05, 4.69) is 11.6 Å². The highest BCUT2D eigenvalue weighted by molar-refractivity contribution is 5.90. The van der Waals surface area contributed by atoms with Crippen molar-refractivity contribution in [3.05, 3.63) is 67.0 Å². The van der Waals surface area contributed by atoms with Crippen molar-refractivity contribution in [2.45, 2.75) is 12.8 Å². The molecule has 0 spiro atoms. The lowest BCUT2D eigenvalue weighted by Gasteiger charge is -2.26. The molecule has 0 bridgehead atoms. The van der Waals surface area contributed by atoms with Crippen LogP contribution in [0.5, 0.6) is 0 Å². The fraction of sp³-hybridized carbons (Fsp3) is 0.385. The molecular weight excluding hydrogens is 416 g/mol. The molecule has 0 aliphatic carbocycles. The number of benzene rings is 1. The Hall–Kier alpha value is -3.48. The average molecular weight is 447 g/mol. The Bertz CT molecular complexity index is 1040. The van der Waals surface area contributed by atoms with E-state index >= 15 is 0 Å². The van der Waals surface area contributed by atoms with Crippen LogP contribution in [0.4, 0.5) is 0 Å². The van der Waals surface area contributed by atoms with Gasteiger partial charge in [0.25, 0.3) is 0 Å². The van der Waals surface area contributed by atoms with Crippen molar-refractivity contribution >= 4 is 17.7 Å². The zero-order chi connectivity index (χ0) is 23.4. The second-order valence-electron chi connectivity index (χ2n) is 8.83. The molecule has 3 amide bonds. The number of hydrogen-bond donors (Lipinski definition) is 0. The highest BCUT2D eigenvalue weighted by Crippen LogP contribution is 2.28. The highest BCUT2D eigenvalue weighted by Gasteiger charge is 2.38. The number of hydrogen-bond acceptors (Lipinski definition) is 4. The molecule has 33 heavy (non-hydrogen) atoms. The Morgan fingerprint density at radius 2 is 1.97 bits per heavy atom.